The van der Waals surface area contributed by atoms with Crippen LogP contribution >= 0.6 is 0 Å². The minimum absolute atomic E-state index is 0.332. The first-order chi connectivity index (χ1) is 6.83. The molecule has 0 aromatic heterocycles. The third-order valence-electron chi connectivity index (χ3n) is 3.67. The van der Waals surface area contributed by atoms with Crippen LogP contribution in [0.15, 0.2) is 12.2 Å². The Kier molecular flexibility index (Phi) is 3.24. The number of aliphatic hydroxyl groups is 1. The van der Waals surface area contributed by atoms with E-state index in [0.717, 1.165) is 24.8 Å². The van der Waals surface area contributed by atoms with Gasteiger partial charge in [-0.3, -0.25) is 4.90 Å². The molecule has 0 aromatic carbocycles. The summed E-state index contributed by atoms with van der Waals surface area (Å²) in [5, 5.41) is 8.85. The maximum atomic E-state index is 8.85. The molecule has 0 bridgehead atoms. The third kappa shape index (κ3) is 1.86. The first kappa shape index (κ1) is 10.2. The lowest BCUT2D eigenvalue weighted by atomic mass is 9.92. The van der Waals surface area contributed by atoms with Gasteiger partial charge in [0.25, 0.3) is 0 Å². The molecule has 2 aliphatic rings. The molecular formula is C12H21NO. The molecule has 0 amide bonds. The van der Waals surface area contributed by atoms with Gasteiger partial charge < -0.3 is 5.11 Å². The van der Waals surface area contributed by atoms with Gasteiger partial charge in [0, 0.05) is 18.7 Å². The Balaban J connectivity index is 1.99. The summed E-state index contributed by atoms with van der Waals surface area (Å²) in [6.45, 7) is 3.91. The molecule has 2 heteroatoms. The van der Waals surface area contributed by atoms with Crippen molar-refractivity contribution in [2.45, 2.75) is 44.7 Å². The second-order valence-electron chi connectivity index (χ2n) is 4.62. The van der Waals surface area contributed by atoms with Crippen LogP contribution in [0.3, 0.4) is 0 Å². The molecule has 3 atom stereocenters. The molecule has 0 spiro atoms. The predicted molar refractivity (Wildman–Crippen MR) is 58.1 cm³/mol. The SMILES string of the molecule is C[C@@H]1C=C[C@@H](CCCO)N2CCC[C@@H]12. The fourth-order valence-electron chi connectivity index (χ4n) is 2.90. The molecule has 1 saturated heterocycles. The van der Waals surface area contributed by atoms with Crippen LogP contribution in [-0.4, -0.2) is 35.2 Å². The Bertz CT molecular complexity index is 214. The van der Waals surface area contributed by atoms with E-state index in [4.69, 9.17) is 5.11 Å². The van der Waals surface area contributed by atoms with Crippen LogP contribution < -0.4 is 0 Å². The highest BCUT2D eigenvalue weighted by atomic mass is 16.2. The zero-order chi connectivity index (χ0) is 9.97. The van der Waals surface area contributed by atoms with E-state index in [9.17, 15) is 0 Å². The van der Waals surface area contributed by atoms with E-state index in [1.54, 1.807) is 0 Å². The highest BCUT2D eigenvalue weighted by Crippen LogP contribution is 2.32. The Morgan fingerprint density at radius 1 is 1.43 bits per heavy atom. The van der Waals surface area contributed by atoms with E-state index in [-0.39, 0.29) is 0 Å². The predicted octanol–water partition coefficient (Wildman–Crippen LogP) is 1.80. The Morgan fingerprint density at radius 2 is 2.29 bits per heavy atom. The van der Waals surface area contributed by atoms with E-state index in [1.807, 2.05) is 0 Å². The van der Waals surface area contributed by atoms with Gasteiger partial charge in [0.1, 0.15) is 0 Å². The fraction of sp³-hybridized carbons (Fsp3) is 0.833. The summed E-state index contributed by atoms with van der Waals surface area (Å²) >= 11 is 0. The molecule has 2 aliphatic heterocycles. The van der Waals surface area contributed by atoms with Gasteiger partial charge in [-0.25, -0.2) is 0 Å². The number of aliphatic hydroxyl groups excluding tert-OH is 1. The van der Waals surface area contributed by atoms with Crippen molar-refractivity contribution in [1.29, 1.82) is 0 Å². The van der Waals surface area contributed by atoms with Crippen molar-refractivity contribution in [3.8, 4) is 0 Å². The number of nitrogens with zero attached hydrogens (tertiary/aromatic N) is 1. The van der Waals surface area contributed by atoms with E-state index in [0.29, 0.717) is 12.6 Å². The summed E-state index contributed by atoms with van der Waals surface area (Å²) in [6, 6.07) is 1.38. The Labute approximate surface area is 86.6 Å². The standard InChI is InChI=1S/C12H21NO/c1-10-6-7-11(4-3-9-14)13-8-2-5-12(10)13/h6-7,10-12,14H,2-5,8-9H2,1H3/t10-,11-,12+/m1/s1. The molecule has 2 heterocycles. The average molecular weight is 195 g/mol. The molecule has 1 fully saturated rings. The summed E-state index contributed by atoms with van der Waals surface area (Å²) in [7, 11) is 0. The molecular weight excluding hydrogens is 174 g/mol. The van der Waals surface area contributed by atoms with Gasteiger partial charge in [-0.15, -0.1) is 0 Å². The molecule has 2 nitrogen and oxygen atoms in total. The van der Waals surface area contributed by atoms with Crippen LogP contribution in [-0.2, 0) is 0 Å². The molecule has 0 unspecified atom stereocenters. The van der Waals surface area contributed by atoms with E-state index < -0.39 is 0 Å². The summed E-state index contributed by atoms with van der Waals surface area (Å²) in [6.07, 6.45) is 9.49. The maximum absolute atomic E-state index is 8.85. The quantitative estimate of drug-likeness (QED) is 0.694. The number of fused-ring (bicyclic) bond motifs is 1. The minimum atomic E-state index is 0.332. The smallest absolute Gasteiger partial charge is 0.0431 e. The maximum Gasteiger partial charge on any atom is 0.0431 e. The van der Waals surface area contributed by atoms with Crippen molar-refractivity contribution in [1.82, 2.24) is 4.90 Å². The first-order valence-corrected chi connectivity index (χ1v) is 5.88. The minimum Gasteiger partial charge on any atom is -0.396 e. The number of rotatable bonds is 3. The summed E-state index contributed by atoms with van der Waals surface area (Å²) in [4.78, 5) is 2.64. The van der Waals surface area contributed by atoms with Crippen molar-refractivity contribution in [3.05, 3.63) is 12.2 Å². The second kappa shape index (κ2) is 4.45. The largest absolute Gasteiger partial charge is 0.396 e. The van der Waals surface area contributed by atoms with Gasteiger partial charge in [0.05, 0.1) is 0 Å². The third-order valence-corrected chi connectivity index (χ3v) is 3.67. The van der Waals surface area contributed by atoms with Gasteiger partial charge in [-0.2, -0.15) is 0 Å². The van der Waals surface area contributed by atoms with Crippen LogP contribution in [0.1, 0.15) is 32.6 Å². The molecule has 0 aliphatic carbocycles. The fourth-order valence-corrected chi connectivity index (χ4v) is 2.90. The van der Waals surface area contributed by atoms with Crippen LogP contribution in [0.2, 0.25) is 0 Å². The lowest BCUT2D eigenvalue weighted by Gasteiger charge is -2.37. The summed E-state index contributed by atoms with van der Waals surface area (Å²) in [5.41, 5.74) is 0. The first-order valence-electron chi connectivity index (χ1n) is 5.88. The van der Waals surface area contributed by atoms with Gasteiger partial charge in [-0.05, 0) is 38.1 Å². The molecule has 0 saturated carbocycles. The van der Waals surface area contributed by atoms with Crippen molar-refractivity contribution in [2.24, 2.45) is 5.92 Å². The molecule has 14 heavy (non-hydrogen) atoms. The highest BCUT2D eigenvalue weighted by Gasteiger charge is 2.34. The number of hydrogen-bond donors (Lipinski definition) is 1. The monoisotopic (exact) mass is 195 g/mol. The lowest BCUT2D eigenvalue weighted by molar-refractivity contribution is 0.152. The molecule has 2 rings (SSSR count). The van der Waals surface area contributed by atoms with Crippen molar-refractivity contribution in [3.63, 3.8) is 0 Å². The zero-order valence-electron chi connectivity index (χ0n) is 9.02. The number of hydrogen-bond acceptors (Lipinski definition) is 2. The van der Waals surface area contributed by atoms with E-state index >= 15 is 0 Å². The zero-order valence-corrected chi connectivity index (χ0v) is 9.02. The van der Waals surface area contributed by atoms with Gasteiger partial charge >= 0.3 is 0 Å². The van der Waals surface area contributed by atoms with Crippen molar-refractivity contribution in [2.75, 3.05) is 13.2 Å². The van der Waals surface area contributed by atoms with Gasteiger partial charge in [0.15, 0.2) is 0 Å². The molecule has 80 valence electrons. The average Bonchev–Trinajstić information content (AvgIpc) is 2.66. The Hall–Kier alpha value is -0.340. The summed E-state index contributed by atoms with van der Waals surface area (Å²) in [5.74, 6) is 0.725. The van der Waals surface area contributed by atoms with Crippen LogP contribution in [0, 0.1) is 5.92 Å². The van der Waals surface area contributed by atoms with E-state index in [2.05, 4.69) is 24.0 Å². The molecule has 1 N–H and O–H groups in total. The molecule has 0 aromatic rings. The Morgan fingerprint density at radius 3 is 3.07 bits per heavy atom. The second-order valence-corrected chi connectivity index (χ2v) is 4.62. The lowest BCUT2D eigenvalue weighted by Crippen LogP contribution is -2.43. The van der Waals surface area contributed by atoms with Crippen molar-refractivity contribution < 1.29 is 5.11 Å². The normalized spacial score (nSPS) is 37.4. The highest BCUT2D eigenvalue weighted by molar-refractivity contribution is 5.08. The van der Waals surface area contributed by atoms with Crippen LogP contribution in [0.5, 0.6) is 0 Å². The topological polar surface area (TPSA) is 23.5 Å². The van der Waals surface area contributed by atoms with Gasteiger partial charge in [0.2, 0.25) is 0 Å². The van der Waals surface area contributed by atoms with Crippen molar-refractivity contribution >= 4 is 0 Å². The van der Waals surface area contributed by atoms with Crippen LogP contribution in [0.25, 0.3) is 0 Å². The van der Waals surface area contributed by atoms with Crippen LogP contribution in [0.4, 0.5) is 0 Å². The molecule has 0 radical (unpaired) electrons. The van der Waals surface area contributed by atoms with Gasteiger partial charge in [-0.1, -0.05) is 19.1 Å². The van der Waals surface area contributed by atoms with E-state index in [1.165, 1.54) is 19.4 Å². The summed E-state index contributed by atoms with van der Waals surface area (Å²) < 4.78 is 0.